The van der Waals surface area contributed by atoms with E-state index >= 15 is 0 Å². The minimum atomic E-state index is -0.456. The Morgan fingerprint density at radius 3 is 1.35 bits per heavy atom. The van der Waals surface area contributed by atoms with E-state index in [1.807, 2.05) is 0 Å². The molecule has 0 fully saturated rings. The number of fused-ring (bicyclic) bond motifs is 1. The van der Waals surface area contributed by atoms with Crippen LogP contribution in [0.4, 0.5) is 0 Å². The van der Waals surface area contributed by atoms with Gasteiger partial charge in [0.05, 0.1) is 37.4 Å². The van der Waals surface area contributed by atoms with Crippen LogP contribution in [0.15, 0.2) is 34.5 Å². The van der Waals surface area contributed by atoms with Gasteiger partial charge < -0.3 is 12.3 Å². The molecule has 0 radical (unpaired) electrons. The number of esters is 2. The molecule has 0 atom stereocenters. The van der Waals surface area contributed by atoms with Crippen molar-refractivity contribution in [1.29, 1.82) is 0 Å². The first-order valence-electron chi connectivity index (χ1n) is 11.6. The molecule has 7 heteroatoms. The van der Waals surface area contributed by atoms with Crippen LogP contribution < -0.4 is 0 Å². The SMILES string of the molecule is O=C1OCCCCCCCCN=NCCCCCCCCOC(=O)c2ccccc21.[Ba+2].[H-].[H-]. The fourth-order valence-electron chi connectivity index (χ4n) is 3.45. The summed E-state index contributed by atoms with van der Waals surface area (Å²) in [6, 6.07) is 6.73. The summed E-state index contributed by atoms with van der Waals surface area (Å²) in [7, 11) is 0. The fraction of sp³-hybridized carbons (Fsp3) is 0.667. The summed E-state index contributed by atoms with van der Waals surface area (Å²) in [5, 5.41) is 8.51. The standard InChI is InChI=1S/C24H36N2O4.Ba.2H/c27-23-21-15-9-10-16-22(21)24(28)30-20-14-8-4-2-6-12-18-26-25-17-11-5-1-3-7-13-19-29-23;;;/h9-10,15-16H,1-8,11-14,17-20H2;;;/q;+2;2*-1. The Bertz CT molecular complexity index is 623. The molecule has 0 unspecified atom stereocenters. The Hall–Kier alpha value is -0.669. The molecule has 1 aliphatic rings. The van der Waals surface area contributed by atoms with Gasteiger partial charge in [-0.25, -0.2) is 9.59 Å². The maximum absolute atomic E-state index is 12.4. The average molecular weight is 556 g/mol. The van der Waals surface area contributed by atoms with E-state index in [2.05, 4.69) is 10.2 Å². The van der Waals surface area contributed by atoms with Crippen LogP contribution >= 0.6 is 0 Å². The number of hydrogen-bond acceptors (Lipinski definition) is 6. The second-order valence-corrected chi connectivity index (χ2v) is 7.79. The molecule has 31 heavy (non-hydrogen) atoms. The summed E-state index contributed by atoms with van der Waals surface area (Å²) in [6.45, 7) is 2.40. The van der Waals surface area contributed by atoms with Crippen LogP contribution in [0.3, 0.4) is 0 Å². The smallest absolute Gasteiger partial charge is 1.00 e. The van der Waals surface area contributed by atoms with Crippen LogP contribution in [0, 0.1) is 0 Å². The number of carbonyl (C=O) groups is 2. The van der Waals surface area contributed by atoms with Crippen LogP contribution in [0.1, 0.15) is 101 Å². The number of hydrogen-bond donors (Lipinski definition) is 0. The molecule has 0 N–H and O–H groups in total. The number of nitrogens with zero attached hydrogens (tertiary/aromatic N) is 2. The van der Waals surface area contributed by atoms with Crippen LogP contribution in [-0.4, -0.2) is 87.1 Å². The molecule has 0 spiro atoms. The van der Waals surface area contributed by atoms with Gasteiger partial charge in [0.15, 0.2) is 0 Å². The maximum Gasteiger partial charge on any atom is 2.00 e. The normalized spacial score (nSPS) is 19.1. The van der Waals surface area contributed by atoms with Gasteiger partial charge in [0.1, 0.15) is 0 Å². The molecule has 1 aromatic carbocycles. The van der Waals surface area contributed by atoms with Gasteiger partial charge in [-0.2, -0.15) is 10.2 Å². The molecule has 2 rings (SSSR count). The summed E-state index contributed by atoms with van der Waals surface area (Å²) in [6.07, 6.45) is 12.8. The molecule has 6 nitrogen and oxygen atoms in total. The molecular formula is C24H38BaN2O4. The third-order valence-electron chi connectivity index (χ3n) is 5.24. The largest absolute Gasteiger partial charge is 2.00 e. The number of cyclic esters (lactones) is 2. The van der Waals surface area contributed by atoms with E-state index in [0.717, 1.165) is 90.1 Å². The number of carbonyl (C=O) groups excluding carboxylic acids is 2. The second-order valence-electron chi connectivity index (χ2n) is 7.79. The van der Waals surface area contributed by atoms with Crippen molar-refractivity contribution in [3.05, 3.63) is 35.4 Å². The Morgan fingerprint density at radius 2 is 0.935 bits per heavy atom. The van der Waals surface area contributed by atoms with E-state index in [0.29, 0.717) is 13.2 Å². The Morgan fingerprint density at radius 1 is 0.581 bits per heavy atom. The van der Waals surface area contributed by atoms with E-state index < -0.39 is 11.9 Å². The molecule has 0 aromatic heterocycles. The molecule has 0 saturated heterocycles. The third-order valence-corrected chi connectivity index (χ3v) is 5.24. The first-order chi connectivity index (χ1) is 14.8. The fourth-order valence-corrected chi connectivity index (χ4v) is 3.45. The molecule has 0 saturated carbocycles. The molecule has 0 bridgehead atoms. The number of ether oxygens (including phenoxy) is 2. The van der Waals surface area contributed by atoms with Crippen molar-refractivity contribution in [3.8, 4) is 0 Å². The van der Waals surface area contributed by atoms with Crippen molar-refractivity contribution in [2.24, 2.45) is 10.2 Å². The second kappa shape index (κ2) is 18.9. The van der Waals surface area contributed by atoms with Crippen LogP contribution in [-0.2, 0) is 9.47 Å². The van der Waals surface area contributed by atoms with Crippen molar-refractivity contribution in [3.63, 3.8) is 0 Å². The van der Waals surface area contributed by atoms with Crippen LogP contribution in [0.5, 0.6) is 0 Å². The van der Waals surface area contributed by atoms with Gasteiger partial charge in [0.25, 0.3) is 0 Å². The monoisotopic (exact) mass is 556 g/mol. The van der Waals surface area contributed by atoms with Gasteiger partial charge in [0.2, 0.25) is 0 Å². The number of azo groups is 1. The summed E-state index contributed by atoms with van der Waals surface area (Å²) >= 11 is 0. The molecule has 1 aromatic rings. The predicted molar refractivity (Wildman–Crippen MR) is 125 cm³/mol. The first kappa shape index (κ1) is 28.4. The average Bonchev–Trinajstić information content (AvgIpc) is 2.76. The van der Waals surface area contributed by atoms with Crippen molar-refractivity contribution in [2.75, 3.05) is 26.3 Å². The molecule has 170 valence electrons. The summed E-state index contributed by atoms with van der Waals surface area (Å²) in [5.74, 6) is -0.912. The minimum Gasteiger partial charge on any atom is -1.00 e. The molecule has 1 heterocycles. The molecule has 0 aliphatic carbocycles. The van der Waals surface area contributed by atoms with Crippen LogP contribution in [0.2, 0.25) is 0 Å². The predicted octanol–water partition coefficient (Wildman–Crippen LogP) is 5.99. The Kier molecular flexibility index (Phi) is 17.3. The van der Waals surface area contributed by atoms with E-state index in [9.17, 15) is 9.59 Å². The molecular weight excluding hydrogens is 518 g/mol. The summed E-state index contributed by atoms with van der Waals surface area (Å²) < 4.78 is 10.8. The van der Waals surface area contributed by atoms with Gasteiger partial charge in [-0.1, -0.05) is 63.5 Å². The zero-order valence-corrected chi connectivity index (χ0v) is 23.3. The summed E-state index contributed by atoms with van der Waals surface area (Å²) in [4.78, 5) is 24.8. The topological polar surface area (TPSA) is 77.3 Å². The van der Waals surface area contributed by atoms with Gasteiger partial charge in [0, 0.05) is 0 Å². The van der Waals surface area contributed by atoms with E-state index in [-0.39, 0.29) is 62.9 Å². The van der Waals surface area contributed by atoms with Gasteiger partial charge in [-0.05, 0) is 37.8 Å². The number of rotatable bonds is 0. The van der Waals surface area contributed by atoms with Gasteiger partial charge in [-0.15, -0.1) is 0 Å². The van der Waals surface area contributed by atoms with Crippen molar-refractivity contribution >= 4 is 60.8 Å². The zero-order chi connectivity index (χ0) is 21.3. The molecule has 1 aliphatic heterocycles. The van der Waals surface area contributed by atoms with E-state index in [1.165, 1.54) is 0 Å². The maximum atomic E-state index is 12.4. The van der Waals surface area contributed by atoms with Crippen molar-refractivity contribution in [2.45, 2.75) is 77.0 Å². The van der Waals surface area contributed by atoms with Crippen molar-refractivity contribution in [1.82, 2.24) is 0 Å². The number of benzene rings is 1. The Balaban J connectivity index is 0. The van der Waals surface area contributed by atoms with Crippen LogP contribution in [0.25, 0.3) is 0 Å². The van der Waals surface area contributed by atoms with Gasteiger partial charge in [-0.3, -0.25) is 0 Å². The quantitative estimate of drug-likeness (QED) is 0.291. The molecule has 0 amide bonds. The third kappa shape index (κ3) is 12.8. The van der Waals surface area contributed by atoms with E-state index in [4.69, 9.17) is 9.47 Å². The van der Waals surface area contributed by atoms with Crippen molar-refractivity contribution < 1.29 is 21.9 Å². The minimum absolute atomic E-state index is 0. The first-order valence-corrected chi connectivity index (χ1v) is 11.6. The summed E-state index contributed by atoms with van der Waals surface area (Å²) in [5.41, 5.74) is 0.567. The van der Waals surface area contributed by atoms with Gasteiger partial charge >= 0.3 is 60.8 Å². The van der Waals surface area contributed by atoms with E-state index in [1.54, 1.807) is 24.3 Å². The zero-order valence-electron chi connectivity index (χ0n) is 20.9. The Labute approximate surface area is 230 Å².